The Labute approximate surface area is 181 Å². The number of nitrogens with one attached hydrogen (secondary N) is 1. The smallest absolute Gasteiger partial charge is 0.271 e. The fourth-order valence-corrected chi connectivity index (χ4v) is 3.76. The zero-order chi connectivity index (χ0) is 20.5. The molecule has 0 unspecified atom stereocenters. The van der Waals surface area contributed by atoms with Gasteiger partial charge in [0.15, 0.2) is 11.5 Å². The highest BCUT2D eigenvalue weighted by molar-refractivity contribution is 9.11. The number of methoxy groups -OCH3 is 1. The number of amides is 1. The first-order chi connectivity index (χ1) is 13.5. The van der Waals surface area contributed by atoms with Gasteiger partial charge in [0, 0.05) is 5.56 Å². The molecule has 0 aliphatic carbocycles. The van der Waals surface area contributed by atoms with Crippen LogP contribution in [0.5, 0.6) is 17.2 Å². The maximum absolute atomic E-state index is 12.3. The SMILES string of the molecule is CCCOc1ccc(C(=O)N/N=C/c2cc(Br)c(OCC)c(Br)c2)cc1OC. The van der Waals surface area contributed by atoms with Crippen LogP contribution in [0, 0.1) is 0 Å². The van der Waals surface area contributed by atoms with E-state index in [0.29, 0.717) is 30.3 Å². The topological polar surface area (TPSA) is 69.2 Å². The van der Waals surface area contributed by atoms with Crippen molar-refractivity contribution >= 4 is 44.0 Å². The first kappa shape index (κ1) is 22.2. The van der Waals surface area contributed by atoms with Gasteiger partial charge in [0.2, 0.25) is 0 Å². The third-order valence-corrected chi connectivity index (χ3v) is 4.75. The van der Waals surface area contributed by atoms with E-state index in [0.717, 1.165) is 26.7 Å². The Bertz CT molecular complexity index is 833. The number of nitrogens with zero attached hydrogens (tertiary/aromatic N) is 1. The number of hydrazone groups is 1. The average molecular weight is 514 g/mol. The molecule has 8 heteroatoms. The number of carbonyl (C=O) groups is 1. The second kappa shape index (κ2) is 11.1. The molecule has 2 aromatic rings. The molecule has 0 heterocycles. The molecule has 0 spiro atoms. The van der Waals surface area contributed by atoms with Gasteiger partial charge in [0.05, 0.1) is 35.5 Å². The molecule has 0 aromatic heterocycles. The molecule has 2 aromatic carbocycles. The van der Waals surface area contributed by atoms with Gasteiger partial charge in [-0.05, 0) is 81.1 Å². The molecule has 28 heavy (non-hydrogen) atoms. The Morgan fingerprint density at radius 2 is 1.82 bits per heavy atom. The number of hydrogen-bond acceptors (Lipinski definition) is 5. The molecule has 1 N–H and O–H groups in total. The third kappa shape index (κ3) is 5.97. The van der Waals surface area contributed by atoms with Crippen LogP contribution < -0.4 is 19.6 Å². The average Bonchev–Trinajstić information content (AvgIpc) is 2.69. The summed E-state index contributed by atoms with van der Waals surface area (Å²) in [6.07, 6.45) is 2.44. The van der Waals surface area contributed by atoms with Crippen LogP contribution in [-0.4, -0.2) is 32.4 Å². The molecule has 1 amide bonds. The van der Waals surface area contributed by atoms with Crippen LogP contribution in [0.25, 0.3) is 0 Å². The van der Waals surface area contributed by atoms with Gasteiger partial charge < -0.3 is 14.2 Å². The number of rotatable bonds is 9. The number of ether oxygens (including phenoxy) is 3. The van der Waals surface area contributed by atoms with Crippen LogP contribution in [0.15, 0.2) is 44.4 Å². The minimum absolute atomic E-state index is 0.347. The summed E-state index contributed by atoms with van der Waals surface area (Å²) in [5.41, 5.74) is 3.73. The molecule has 6 nitrogen and oxygen atoms in total. The van der Waals surface area contributed by atoms with Crippen molar-refractivity contribution in [2.24, 2.45) is 5.10 Å². The van der Waals surface area contributed by atoms with Gasteiger partial charge >= 0.3 is 0 Å². The van der Waals surface area contributed by atoms with Gasteiger partial charge in [-0.1, -0.05) is 6.92 Å². The Hall–Kier alpha value is -2.06. The minimum atomic E-state index is -0.347. The first-order valence-electron chi connectivity index (χ1n) is 8.76. The van der Waals surface area contributed by atoms with Crippen molar-refractivity contribution in [2.45, 2.75) is 20.3 Å². The normalized spacial score (nSPS) is 10.8. The highest BCUT2D eigenvalue weighted by Crippen LogP contribution is 2.34. The summed E-state index contributed by atoms with van der Waals surface area (Å²) >= 11 is 6.93. The fourth-order valence-electron chi connectivity index (χ4n) is 2.31. The number of carbonyl (C=O) groups excluding carboxylic acids is 1. The van der Waals surface area contributed by atoms with Gasteiger partial charge in [-0.15, -0.1) is 0 Å². The molecule has 0 aliphatic rings. The summed E-state index contributed by atoms with van der Waals surface area (Å²) in [6, 6.07) is 8.72. The van der Waals surface area contributed by atoms with E-state index < -0.39 is 0 Å². The summed E-state index contributed by atoms with van der Waals surface area (Å²) in [7, 11) is 1.54. The Kier molecular flexibility index (Phi) is 8.79. The standard InChI is InChI=1S/C20H22Br2N2O4/c1-4-8-28-17-7-6-14(11-18(17)26-3)20(25)24-23-12-13-9-15(21)19(27-5-2)16(22)10-13/h6-7,9-12H,4-5,8H2,1-3H3,(H,24,25)/b23-12+. The van der Waals surface area contributed by atoms with E-state index in [1.165, 1.54) is 7.11 Å². The number of hydrogen-bond donors (Lipinski definition) is 1. The lowest BCUT2D eigenvalue weighted by Crippen LogP contribution is -2.17. The van der Waals surface area contributed by atoms with E-state index in [9.17, 15) is 4.79 Å². The molecule has 0 bridgehead atoms. The van der Waals surface area contributed by atoms with Crippen LogP contribution in [0.4, 0.5) is 0 Å². The van der Waals surface area contributed by atoms with Crippen molar-refractivity contribution in [2.75, 3.05) is 20.3 Å². The first-order valence-corrected chi connectivity index (χ1v) is 10.3. The van der Waals surface area contributed by atoms with Crippen molar-refractivity contribution in [1.29, 1.82) is 0 Å². The molecule has 0 saturated carbocycles. The molecular formula is C20H22Br2N2O4. The zero-order valence-electron chi connectivity index (χ0n) is 15.9. The van der Waals surface area contributed by atoms with E-state index in [-0.39, 0.29) is 5.91 Å². The molecular weight excluding hydrogens is 492 g/mol. The third-order valence-electron chi connectivity index (χ3n) is 3.58. The predicted octanol–water partition coefficient (Wildman–Crippen LogP) is 5.17. The zero-order valence-corrected chi connectivity index (χ0v) is 19.1. The molecule has 0 atom stereocenters. The summed E-state index contributed by atoms with van der Waals surface area (Å²) in [6.45, 7) is 5.08. The molecule has 150 valence electrons. The molecule has 0 saturated heterocycles. The Balaban J connectivity index is 2.07. The molecule has 0 radical (unpaired) electrons. The molecule has 2 rings (SSSR count). The van der Waals surface area contributed by atoms with Crippen LogP contribution >= 0.6 is 31.9 Å². The van der Waals surface area contributed by atoms with Gasteiger partial charge in [-0.3, -0.25) is 4.79 Å². The summed E-state index contributed by atoms with van der Waals surface area (Å²) < 4.78 is 18.0. The van der Waals surface area contributed by atoms with Gasteiger partial charge in [0.1, 0.15) is 5.75 Å². The second-order valence-electron chi connectivity index (χ2n) is 5.66. The van der Waals surface area contributed by atoms with E-state index >= 15 is 0 Å². The van der Waals surface area contributed by atoms with Crippen LogP contribution in [0.3, 0.4) is 0 Å². The fraction of sp³-hybridized carbons (Fsp3) is 0.300. The van der Waals surface area contributed by atoms with Gasteiger partial charge in [0.25, 0.3) is 5.91 Å². The lowest BCUT2D eigenvalue weighted by molar-refractivity contribution is 0.0954. The van der Waals surface area contributed by atoms with Crippen molar-refractivity contribution in [1.82, 2.24) is 5.43 Å². The lowest BCUT2D eigenvalue weighted by atomic mass is 10.2. The largest absolute Gasteiger partial charge is 0.493 e. The number of benzene rings is 2. The van der Waals surface area contributed by atoms with Crippen LogP contribution in [0.1, 0.15) is 36.2 Å². The van der Waals surface area contributed by atoms with E-state index in [2.05, 4.69) is 42.4 Å². The van der Waals surface area contributed by atoms with Crippen molar-refractivity contribution in [3.63, 3.8) is 0 Å². The Morgan fingerprint density at radius 1 is 1.11 bits per heavy atom. The van der Waals surface area contributed by atoms with Crippen molar-refractivity contribution < 1.29 is 19.0 Å². The maximum Gasteiger partial charge on any atom is 0.271 e. The van der Waals surface area contributed by atoms with Crippen LogP contribution in [0.2, 0.25) is 0 Å². The highest BCUT2D eigenvalue weighted by atomic mass is 79.9. The lowest BCUT2D eigenvalue weighted by Gasteiger charge is -2.11. The molecule has 0 aliphatic heterocycles. The molecule has 0 fully saturated rings. The van der Waals surface area contributed by atoms with E-state index in [1.807, 2.05) is 26.0 Å². The monoisotopic (exact) mass is 512 g/mol. The second-order valence-corrected chi connectivity index (χ2v) is 7.37. The predicted molar refractivity (Wildman–Crippen MR) is 117 cm³/mol. The van der Waals surface area contributed by atoms with Gasteiger partial charge in [-0.25, -0.2) is 5.43 Å². The summed E-state index contributed by atoms with van der Waals surface area (Å²) in [4.78, 5) is 12.3. The van der Waals surface area contributed by atoms with Crippen molar-refractivity contribution in [3.8, 4) is 17.2 Å². The summed E-state index contributed by atoms with van der Waals surface area (Å²) in [5, 5.41) is 4.02. The van der Waals surface area contributed by atoms with Gasteiger partial charge in [-0.2, -0.15) is 5.10 Å². The van der Waals surface area contributed by atoms with E-state index in [1.54, 1.807) is 24.4 Å². The van der Waals surface area contributed by atoms with Crippen LogP contribution in [-0.2, 0) is 0 Å². The maximum atomic E-state index is 12.3. The van der Waals surface area contributed by atoms with Crippen molar-refractivity contribution in [3.05, 3.63) is 50.4 Å². The summed E-state index contributed by atoms with van der Waals surface area (Å²) in [5.74, 6) is 1.49. The van der Waals surface area contributed by atoms with E-state index in [4.69, 9.17) is 14.2 Å². The Morgan fingerprint density at radius 3 is 2.43 bits per heavy atom. The highest BCUT2D eigenvalue weighted by Gasteiger charge is 2.11. The quantitative estimate of drug-likeness (QED) is 0.371. The minimum Gasteiger partial charge on any atom is -0.493 e. The number of halogens is 2.